The lowest BCUT2D eigenvalue weighted by molar-refractivity contribution is 0.120. The predicted molar refractivity (Wildman–Crippen MR) is 80.0 cm³/mol. The summed E-state index contributed by atoms with van der Waals surface area (Å²) in [5.41, 5.74) is 0. The van der Waals surface area contributed by atoms with Crippen molar-refractivity contribution in [2.75, 3.05) is 13.2 Å². The van der Waals surface area contributed by atoms with E-state index in [-0.39, 0.29) is 12.6 Å². The summed E-state index contributed by atoms with van der Waals surface area (Å²) in [4.78, 5) is 16.4. The Hall–Kier alpha value is -0.570. The quantitative estimate of drug-likeness (QED) is 0.731. The van der Waals surface area contributed by atoms with Gasteiger partial charge in [0.1, 0.15) is 6.61 Å². The minimum Gasteiger partial charge on any atom is -0.475 e. The number of hydrogen-bond acceptors (Lipinski definition) is 3. The number of aromatic nitrogens is 1. The summed E-state index contributed by atoms with van der Waals surface area (Å²) >= 11 is 5.44. The van der Waals surface area contributed by atoms with Crippen molar-refractivity contribution in [3.05, 3.63) is 20.3 Å². The number of nitrogens with zero attached hydrogens (tertiary/aromatic N) is 2. The van der Waals surface area contributed by atoms with Crippen molar-refractivity contribution >= 4 is 44.6 Å². The zero-order valence-electron chi connectivity index (χ0n) is 10.1. The third-order valence-corrected chi connectivity index (χ3v) is 3.42. The molecule has 0 saturated carbocycles. The molecule has 7 heteroatoms. The fourth-order valence-electron chi connectivity index (χ4n) is 1.32. The molecule has 1 N–H and O–H groups in total. The Morgan fingerprint density at radius 1 is 1.67 bits per heavy atom. The summed E-state index contributed by atoms with van der Waals surface area (Å²) in [6.07, 6.45) is 0.710. The minimum atomic E-state index is -0.938. The number of carboxylic acid groups (broad SMARTS) is 1. The van der Waals surface area contributed by atoms with E-state index in [1.165, 1.54) is 4.90 Å². The van der Waals surface area contributed by atoms with Gasteiger partial charge in [0.2, 0.25) is 5.88 Å². The highest BCUT2D eigenvalue weighted by atomic mass is 127. The number of halogens is 2. The van der Waals surface area contributed by atoms with E-state index in [4.69, 9.17) is 9.84 Å². The van der Waals surface area contributed by atoms with Gasteiger partial charge in [-0.15, -0.1) is 0 Å². The third kappa shape index (κ3) is 4.60. The van der Waals surface area contributed by atoms with Crippen LogP contribution in [-0.2, 0) is 0 Å². The number of carbonyl (C=O) groups is 1. The fourth-order valence-corrected chi connectivity index (χ4v) is 2.71. The molecule has 1 amide bonds. The van der Waals surface area contributed by atoms with Crippen molar-refractivity contribution < 1.29 is 14.6 Å². The molecule has 0 atom stereocenters. The van der Waals surface area contributed by atoms with Gasteiger partial charge in [0.15, 0.2) is 0 Å². The topological polar surface area (TPSA) is 62.7 Å². The Kier molecular flexibility index (Phi) is 6.13. The minimum absolute atomic E-state index is 0.0666. The standard InChI is InChI=1S/C11H14BrIN2O3/c1-7(2)15(11(16)17)3-4-18-10-9(13)5-8(12)6-14-10/h5-7H,3-4H2,1-2H3,(H,16,17). The van der Waals surface area contributed by atoms with Gasteiger partial charge in [0.25, 0.3) is 0 Å². The molecule has 0 saturated heterocycles. The lowest BCUT2D eigenvalue weighted by atomic mass is 10.3. The van der Waals surface area contributed by atoms with E-state index in [1.807, 2.05) is 19.9 Å². The van der Waals surface area contributed by atoms with Gasteiger partial charge in [-0.25, -0.2) is 9.78 Å². The molecule has 0 unspecified atom stereocenters. The van der Waals surface area contributed by atoms with Gasteiger partial charge < -0.3 is 14.7 Å². The van der Waals surface area contributed by atoms with Gasteiger partial charge in [0.05, 0.1) is 10.1 Å². The lowest BCUT2D eigenvalue weighted by Crippen LogP contribution is -2.38. The second kappa shape index (κ2) is 7.13. The van der Waals surface area contributed by atoms with Gasteiger partial charge in [-0.1, -0.05) is 0 Å². The van der Waals surface area contributed by atoms with Crippen LogP contribution in [0.25, 0.3) is 0 Å². The third-order valence-electron chi connectivity index (χ3n) is 2.21. The molecular formula is C11H14BrIN2O3. The number of hydrogen-bond donors (Lipinski definition) is 1. The number of rotatable bonds is 5. The molecule has 1 heterocycles. The molecule has 0 aliphatic carbocycles. The first-order valence-electron chi connectivity index (χ1n) is 5.35. The van der Waals surface area contributed by atoms with Gasteiger partial charge in [-0.05, 0) is 58.4 Å². The molecule has 0 aromatic carbocycles. The summed E-state index contributed by atoms with van der Waals surface area (Å²) in [7, 11) is 0. The van der Waals surface area contributed by atoms with Gasteiger partial charge in [-0.3, -0.25) is 0 Å². The highest BCUT2D eigenvalue weighted by molar-refractivity contribution is 14.1. The van der Waals surface area contributed by atoms with Gasteiger partial charge >= 0.3 is 6.09 Å². The van der Waals surface area contributed by atoms with E-state index in [9.17, 15) is 4.79 Å². The summed E-state index contributed by atoms with van der Waals surface area (Å²) in [6.45, 7) is 4.27. The lowest BCUT2D eigenvalue weighted by Gasteiger charge is -2.23. The van der Waals surface area contributed by atoms with Gasteiger partial charge in [0, 0.05) is 16.7 Å². The van der Waals surface area contributed by atoms with E-state index >= 15 is 0 Å². The normalized spacial score (nSPS) is 10.5. The molecule has 0 spiro atoms. The molecule has 1 rings (SSSR count). The Morgan fingerprint density at radius 3 is 2.83 bits per heavy atom. The van der Waals surface area contributed by atoms with Crippen LogP contribution in [0.2, 0.25) is 0 Å². The molecule has 18 heavy (non-hydrogen) atoms. The summed E-state index contributed by atoms with van der Waals surface area (Å²) < 4.78 is 7.24. The van der Waals surface area contributed by atoms with Gasteiger partial charge in [-0.2, -0.15) is 0 Å². The maximum Gasteiger partial charge on any atom is 0.407 e. The molecule has 5 nitrogen and oxygen atoms in total. The van der Waals surface area contributed by atoms with Crippen molar-refractivity contribution in [2.24, 2.45) is 0 Å². The SMILES string of the molecule is CC(C)N(CCOc1ncc(Br)cc1I)C(=O)O. The number of amides is 1. The van der Waals surface area contributed by atoms with Crippen LogP contribution in [0.1, 0.15) is 13.8 Å². The van der Waals surface area contributed by atoms with Crippen LogP contribution in [0.3, 0.4) is 0 Å². The van der Waals surface area contributed by atoms with Crippen LogP contribution >= 0.6 is 38.5 Å². The largest absolute Gasteiger partial charge is 0.475 e. The molecular weight excluding hydrogens is 415 g/mol. The zero-order chi connectivity index (χ0) is 13.7. The summed E-state index contributed by atoms with van der Waals surface area (Å²) in [5.74, 6) is 0.521. The highest BCUT2D eigenvalue weighted by Crippen LogP contribution is 2.21. The second-order valence-corrected chi connectivity index (χ2v) is 5.94. The maximum absolute atomic E-state index is 10.9. The second-order valence-electron chi connectivity index (χ2n) is 3.86. The monoisotopic (exact) mass is 428 g/mol. The molecule has 0 radical (unpaired) electrons. The van der Waals surface area contributed by atoms with Crippen molar-refractivity contribution in [3.8, 4) is 5.88 Å². The summed E-state index contributed by atoms with van der Waals surface area (Å²) in [5, 5.41) is 8.98. The van der Waals surface area contributed by atoms with Crippen LogP contribution in [0, 0.1) is 3.57 Å². The van der Waals surface area contributed by atoms with Crippen LogP contribution in [0.5, 0.6) is 5.88 Å². The Balaban J connectivity index is 2.53. The molecule has 1 aromatic heterocycles. The van der Waals surface area contributed by atoms with Crippen molar-refractivity contribution in [2.45, 2.75) is 19.9 Å². The molecule has 0 aliphatic heterocycles. The molecule has 0 bridgehead atoms. The maximum atomic E-state index is 10.9. The van der Waals surface area contributed by atoms with Crippen LogP contribution < -0.4 is 4.74 Å². The molecule has 0 fully saturated rings. The average molecular weight is 429 g/mol. The van der Waals surface area contributed by atoms with E-state index in [1.54, 1.807) is 6.20 Å². The summed E-state index contributed by atoms with van der Waals surface area (Å²) in [6, 6.07) is 1.82. The van der Waals surface area contributed by atoms with Crippen molar-refractivity contribution in [1.82, 2.24) is 9.88 Å². The number of ether oxygens (including phenoxy) is 1. The Morgan fingerprint density at radius 2 is 2.33 bits per heavy atom. The van der Waals surface area contributed by atoms with Crippen LogP contribution in [-0.4, -0.2) is 40.3 Å². The molecule has 0 aliphatic rings. The van der Waals surface area contributed by atoms with Crippen molar-refractivity contribution in [1.29, 1.82) is 0 Å². The first-order valence-corrected chi connectivity index (χ1v) is 7.22. The Bertz CT molecular complexity index is 429. The zero-order valence-corrected chi connectivity index (χ0v) is 13.8. The van der Waals surface area contributed by atoms with Crippen LogP contribution in [0.4, 0.5) is 4.79 Å². The first kappa shape index (κ1) is 15.5. The predicted octanol–water partition coefficient (Wildman–Crippen LogP) is 3.22. The average Bonchev–Trinajstić information content (AvgIpc) is 2.25. The Labute approximate surface area is 128 Å². The van der Waals surface area contributed by atoms with E-state index in [0.29, 0.717) is 12.4 Å². The smallest absolute Gasteiger partial charge is 0.407 e. The highest BCUT2D eigenvalue weighted by Gasteiger charge is 2.15. The molecule has 100 valence electrons. The first-order chi connectivity index (χ1) is 8.41. The van der Waals surface area contributed by atoms with E-state index in [2.05, 4.69) is 43.5 Å². The fraction of sp³-hybridized carbons (Fsp3) is 0.455. The number of pyridine rings is 1. The van der Waals surface area contributed by atoms with E-state index < -0.39 is 6.09 Å². The van der Waals surface area contributed by atoms with Crippen molar-refractivity contribution in [3.63, 3.8) is 0 Å². The van der Waals surface area contributed by atoms with E-state index in [0.717, 1.165) is 8.04 Å². The van der Waals surface area contributed by atoms with Crippen LogP contribution in [0.15, 0.2) is 16.7 Å². The molecule has 1 aromatic rings.